The van der Waals surface area contributed by atoms with Gasteiger partial charge in [0.1, 0.15) is 0 Å². The van der Waals surface area contributed by atoms with Crippen LogP contribution in [0.1, 0.15) is 43.9 Å². The van der Waals surface area contributed by atoms with E-state index in [0.717, 1.165) is 12.2 Å². The molecule has 0 spiro atoms. The van der Waals surface area contributed by atoms with E-state index in [4.69, 9.17) is 5.84 Å². The fraction of sp³-hybridized carbons (Fsp3) is 0.571. The van der Waals surface area contributed by atoms with Crippen molar-refractivity contribution in [2.45, 2.75) is 39.2 Å². The summed E-state index contributed by atoms with van der Waals surface area (Å²) in [7, 11) is 0. The number of nitrogens with two attached hydrogens (primary N) is 1. The monoisotopic (exact) mass is 252 g/mol. The summed E-state index contributed by atoms with van der Waals surface area (Å²) < 4.78 is 0. The Morgan fingerprint density at radius 1 is 1.18 bits per heavy atom. The lowest BCUT2D eigenvalue weighted by Gasteiger charge is -2.16. The number of thioether (sulfide) groups is 1. The van der Waals surface area contributed by atoms with Gasteiger partial charge < -0.3 is 0 Å². The standard InChI is InChI=1S/C14H24N2S/c1-3-5-12-6-8-13(9-7-12)14(16-15)11-17-10-4-2/h6-9,14,16H,3-5,10-11,15H2,1-2H3. The third-order valence-electron chi connectivity index (χ3n) is 2.75. The summed E-state index contributed by atoms with van der Waals surface area (Å²) in [6, 6.07) is 9.09. The normalized spacial score (nSPS) is 12.6. The van der Waals surface area contributed by atoms with Crippen LogP contribution in [-0.2, 0) is 6.42 Å². The van der Waals surface area contributed by atoms with Crippen molar-refractivity contribution in [3.05, 3.63) is 35.4 Å². The van der Waals surface area contributed by atoms with Crippen LogP contribution >= 0.6 is 11.8 Å². The molecule has 0 amide bonds. The maximum atomic E-state index is 5.62. The minimum Gasteiger partial charge on any atom is -0.271 e. The van der Waals surface area contributed by atoms with Gasteiger partial charge in [0.2, 0.25) is 0 Å². The molecular weight excluding hydrogens is 228 g/mol. The Kier molecular flexibility index (Phi) is 7.33. The zero-order valence-corrected chi connectivity index (χ0v) is 11.7. The average Bonchev–Trinajstić information content (AvgIpc) is 2.36. The van der Waals surface area contributed by atoms with Gasteiger partial charge in [0, 0.05) is 5.75 Å². The molecule has 17 heavy (non-hydrogen) atoms. The maximum absolute atomic E-state index is 5.62. The number of hydrogen-bond acceptors (Lipinski definition) is 3. The van der Waals surface area contributed by atoms with Crippen molar-refractivity contribution in [1.29, 1.82) is 0 Å². The number of nitrogens with one attached hydrogen (secondary N) is 1. The number of hydrogen-bond donors (Lipinski definition) is 2. The molecule has 0 heterocycles. The zero-order chi connectivity index (χ0) is 12.5. The van der Waals surface area contributed by atoms with Crippen LogP contribution in [-0.4, -0.2) is 11.5 Å². The molecule has 0 radical (unpaired) electrons. The van der Waals surface area contributed by atoms with Gasteiger partial charge in [-0.05, 0) is 29.7 Å². The third-order valence-corrected chi connectivity index (χ3v) is 4.02. The van der Waals surface area contributed by atoms with E-state index in [-0.39, 0.29) is 6.04 Å². The van der Waals surface area contributed by atoms with Crippen molar-refractivity contribution < 1.29 is 0 Å². The largest absolute Gasteiger partial charge is 0.271 e. The van der Waals surface area contributed by atoms with Crippen LogP contribution in [0, 0.1) is 0 Å². The molecule has 0 aliphatic rings. The highest BCUT2D eigenvalue weighted by Gasteiger charge is 2.08. The molecule has 96 valence electrons. The molecule has 3 heteroatoms. The van der Waals surface area contributed by atoms with Crippen molar-refractivity contribution in [2.75, 3.05) is 11.5 Å². The van der Waals surface area contributed by atoms with Gasteiger partial charge in [-0.1, -0.05) is 44.5 Å². The fourth-order valence-electron chi connectivity index (χ4n) is 1.79. The molecule has 0 fully saturated rings. The molecule has 1 aromatic carbocycles. The first-order valence-electron chi connectivity index (χ1n) is 6.44. The van der Waals surface area contributed by atoms with Gasteiger partial charge in [-0.25, -0.2) is 0 Å². The molecule has 0 aliphatic heterocycles. The quantitative estimate of drug-likeness (QED) is 0.423. The Balaban J connectivity index is 2.55. The van der Waals surface area contributed by atoms with E-state index in [0.29, 0.717) is 0 Å². The zero-order valence-electron chi connectivity index (χ0n) is 10.9. The van der Waals surface area contributed by atoms with E-state index in [9.17, 15) is 0 Å². The maximum Gasteiger partial charge on any atom is 0.0550 e. The summed E-state index contributed by atoms with van der Waals surface area (Å²) in [5.74, 6) is 7.86. The number of rotatable bonds is 8. The molecule has 1 atom stereocenters. The summed E-state index contributed by atoms with van der Waals surface area (Å²) in [4.78, 5) is 0. The minimum atomic E-state index is 0.266. The molecule has 2 nitrogen and oxygen atoms in total. The van der Waals surface area contributed by atoms with Crippen LogP contribution in [0.5, 0.6) is 0 Å². The third kappa shape index (κ3) is 5.11. The molecule has 1 unspecified atom stereocenters. The Morgan fingerprint density at radius 2 is 1.88 bits per heavy atom. The van der Waals surface area contributed by atoms with Crippen LogP contribution in [0.15, 0.2) is 24.3 Å². The molecule has 0 aromatic heterocycles. The second-order valence-corrected chi connectivity index (χ2v) is 5.44. The summed E-state index contributed by atoms with van der Waals surface area (Å²) in [6.07, 6.45) is 3.58. The summed E-state index contributed by atoms with van der Waals surface area (Å²) in [6.45, 7) is 4.41. The second-order valence-electron chi connectivity index (χ2n) is 4.29. The molecule has 1 rings (SSSR count). The molecule has 0 saturated heterocycles. The minimum absolute atomic E-state index is 0.266. The van der Waals surface area contributed by atoms with E-state index in [1.54, 1.807) is 0 Å². The van der Waals surface area contributed by atoms with Crippen molar-refractivity contribution in [2.24, 2.45) is 5.84 Å². The van der Waals surface area contributed by atoms with Crippen molar-refractivity contribution in [1.82, 2.24) is 5.43 Å². The first-order chi connectivity index (χ1) is 8.31. The second kappa shape index (κ2) is 8.56. The first kappa shape index (κ1) is 14.6. The van der Waals surface area contributed by atoms with Crippen molar-refractivity contribution >= 4 is 11.8 Å². The topological polar surface area (TPSA) is 38.0 Å². The highest BCUT2D eigenvalue weighted by Crippen LogP contribution is 2.19. The predicted molar refractivity (Wildman–Crippen MR) is 78.1 cm³/mol. The predicted octanol–water partition coefficient (Wildman–Crippen LogP) is 3.29. The van der Waals surface area contributed by atoms with Crippen LogP contribution in [0.25, 0.3) is 0 Å². The van der Waals surface area contributed by atoms with E-state index in [1.807, 2.05) is 11.8 Å². The van der Waals surface area contributed by atoms with E-state index < -0.39 is 0 Å². The van der Waals surface area contributed by atoms with Gasteiger partial charge in [-0.15, -0.1) is 0 Å². The Bertz CT molecular complexity index is 298. The van der Waals surface area contributed by atoms with Gasteiger partial charge >= 0.3 is 0 Å². The molecule has 0 saturated carbocycles. The molecule has 0 aliphatic carbocycles. The first-order valence-corrected chi connectivity index (χ1v) is 7.60. The Morgan fingerprint density at radius 3 is 2.41 bits per heavy atom. The molecule has 3 N–H and O–H groups in total. The lowest BCUT2D eigenvalue weighted by molar-refractivity contribution is 0.610. The molecule has 1 aromatic rings. The van der Waals surface area contributed by atoms with Crippen LogP contribution in [0.2, 0.25) is 0 Å². The van der Waals surface area contributed by atoms with Gasteiger partial charge in [-0.2, -0.15) is 11.8 Å². The van der Waals surface area contributed by atoms with Gasteiger partial charge in [-0.3, -0.25) is 11.3 Å². The lowest BCUT2D eigenvalue weighted by Crippen LogP contribution is -2.29. The molecule has 0 bridgehead atoms. The number of benzene rings is 1. The van der Waals surface area contributed by atoms with Crippen LogP contribution in [0.4, 0.5) is 0 Å². The van der Waals surface area contributed by atoms with E-state index in [1.165, 1.54) is 29.7 Å². The average molecular weight is 252 g/mol. The Labute approximate surface area is 109 Å². The van der Waals surface area contributed by atoms with Crippen molar-refractivity contribution in [3.8, 4) is 0 Å². The van der Waals surface area contributed by atoms with Crippen molar-refractivity contribution in [3.63, 3.8) is 0 Å². The van der Waals surface area contributed by atoms with Crippen LogP contribution in [0.3, 0.4) is 0 Å². The smallest absolute Gasteiger partial charge is 0.0550 e. The SMILES string of the molecule is CCCSCC(NN)c1ccc(CCC)cc1. The number of hydrazine groups is 1. The van der Waals surface area contributed by atoms with E-state index in [2.05, 4.69) is 43.5 Å². The lowest BCUT2D eigenvalue weighted by atomic mass is 10.0. The van der Waals surface area contributed by atoms with Crippen LogP contribution < -0.4 is 11.3 Å². The summed E-state index contributed by atoms with van der Waals surface area (Å²) in [5, 5.41) is 0. The van der Waals surface area contributed by atoms with Gasteiger partial charge in [0.15, 0.2) is 0 Å². The summed E-state index contributed by atoms with van der Waals surface area (Å²) >= 11 is 1.95. The summed E-state index contributed by atoms with van der Waals surface area (Å²) in [5.41, 5.74) is 5.61. The van der Waals surface area contributed by atoms with E-state index >= 15 is 0 Å². The van der Waals surface area contributed by atoms with Gasteiger partial charge in [0.25, 0.3) is 0 Å². The highest BCUT2D eigenvalue weighted by atomic mass is 32.2. The fourth-order valence-corrected chi connectivity index (χ4v) is 2.77. The Hall–Kier alpha value is -0.510. The highest BCUT2D eigenvalue weighted by molar-refractivity contribution is 7.99. The molecular formula is C14H24N2S. The number of aryl methyl sites for hydroxylation is 1. The van der Waals surface area contributed by atoms with Gasteiger partial charge in [0.05, 0.1) is 6.04 Å².